The first kappa shape index (κ1) is 15.9. The van der Waals surface area contributed by atoms with Crippen molar-refractivity contribution in [2.45, 2.75) is 24.0 Å². The minimum Gasteiger partial charge on any atom is -0.376 e. The van der Waals surface area contributed by atoms with Gasteiger partial charge in [0.2, 0.25) is 5.91 Å². The first-order valence-corrected chi connectivity index (χ1v) is 8.56. The van der Waals surface area contributed by atoms with Crippen molar-refractivity contribution in [2.24, 2.45) is 0 Å². The number of nitrogens with zero attached hydrogens (tertiary/aromatic N) is 3. The molecular formula is C16H18N4O2S. The van der Waals surface area contributed by atoms with Gasteiger partial charge in [-0.2, -0.15) is 0 Å². The Morgan fingerprint density at radius 3 is 2.91 bits per heavy atom. The first-order chi connectivity index (χ1) is 11.3. The zero-order valence-electron chi connectivity index (χ0n) is 12.6. The van der Waals surface area contributed by atoms with E-state index in [1.807, 2.05) is 30.3 Å². The molecule has 3 heterocycles. The van der Waals surface area contributed by atoms with Crippen LogP contribution in [-0.2, 0) is 9.53 Å². The average molecular weight is 330 g/mol. The normalized spacial score (nSPS) is 17.1. The fourth-order valence-corrected chi connectivity index (χ4v) is 2.92. The Hall–Kier alpha value is -1.99. The summed E-state index contributed by atoms with van der Waals surface area (Å²) in [7, 11) is 0. The van der Waals surface area contributed by atoms with Gasteiger partial charge in [-0.3, -0.25) is 9.78 Å². The Morgan fingerprint density at radius 2 is 2.22 bits per heavy atom. The van der Waals surface area contributed by atoms with E-state index in [4.69, 9.17) is 4.74 Å². The van der Waals surface area contributed by atoms with Crippen molar-refractivity contribution < 1.29 is 9.53 Å². The van der Waals surface area contributed by atoms with Gasteiger partial charge in [-0.1, -0.05) is 17.8 Å². The molecule has 0 unspecified atom stereocenters. The smallest absolute Gasteiger partial charge is 0.230 e. The molecule has 2 aromatic rings. The van der Waals surface area contributed by atoms with Gasteiger partial charge in [0.25, 0.3) is 0 Å². The third-order valence-electron chi connectivity index (χ3n) is 3.47. The summed E-state index contributed by atoms with van der Waals surface area (Å²) in [5.74, 6) is 0.311. The number of carbonyl (C=O) groups excluding carboxylic acids is 1. The van der Waals surface area contributed by atoms with E-state index in [0.717, 1.165) is 35.9 Å². The molecule has 0 radical (unpaired) electrons. The van der Waals surface area contributed by atoms with Crippen LogP contribution in [0.15, 0.2) is 41.6 Å². The molecular weight excluding hydrogens is 312 g/mol. The third kappa shape index (κ3) is 4.74. The molecule has 1 saturated heterocycles. The maximum absolute atomic E-state index is 11.8. The predicted molar refractivity (Wildman–Crippen MR) is 88.0 cm³/mol. The fraction of sp³-hybridized carbons (Fsp3) is 0.375. The number of amides is 1. The molecule has 0 bridgehead atoms. The summed E-state index contributed by atoms with van der Waals surface area (Å²) in [4.78, 5) is 16.0. The van der Waals surface area contributed by atoms with E-state index in [-0.39, 0.29) is 12.0 Å². The number of nitrogens with one attached hydrogen (secondary N) is 1. The van der Waals surface area contributed by atoms with Crippen molar-refractivity contribution in [2.75, 3.05) is 18.9 Å². The van der Waals surface area contributed by atoms with E-state index < -0.39 is 0 Å². The van der Waals surface area contributed by atoms with Gasteiger partial charge in [-0.25, -0.2) is 0 Å². The van der Waals surface area contributed by atoms with Crippen molar-refractivity contribution in [1.29, 1.82) is 0 Å². The topological polar surface area (TPSA) is 77.0 Å². The zero-order chi connectivity index (χ0) is 15.9. The number of rotatable bonds is 6. The highest BCUT2D eigenvalue weighted by molar-refractivity contribution is 7.99. The van der Waals surface area contributed by atoms with Gasteiger partial charge in [-0.05, 0) is 37.1 Å². The molecule has 0 spiro atoms. The molecule has 0 saturated carbocycles. The molecule has 2 aromatic heterocycles. The lowest BCUT2D eigenvalue weighted by Crippen LogP contribution is -2.32. The number of hydrogen-bond acceptors (Lipinski definition) is 6. The van der Waals surface area contributed by atoms with Crippen LogP contribution in [0.5, 0.6) is 0 Å². The molecule has 1 N–H and O–H groups in total. The Labute approximate surface area is 139 Å². The fourth-order valence-electron chi connectivity index (χ4n) is 2.27. The number of hydrogen-bond donors (Lipinski definition) is 1. The van der Waals surface area contributed by atoms with E-state index in [9.17, 15) is 4.79 Å². The highest BCUT2D eigenvalue weighted by Crippen LogP contribution is 2.18. The zero-order valence-corrected chi connectivity index (χ0v) is 13.5. The maximum Gasteiger partial charge on any atom is 0.230 e. The largest absolute Gasteiger partial charge is 0.376 e. The first-order valence-electron chi connectivity index (χ1n) is 7.57. The van der Waals surface area contributed by atoms with Crippen LogP contribution in [0.3, 0.4) is 0 Å². The molecule has 1 atom stereocenters. The van der Waals surface area contributed by atoms with Crippen molar-refractivity contribution in [3.05, 3.63) is 36.5 Å². The van der Waals surface area contributed by atoms with Crippen LogP contribution in [0.2, 0.25) is 0 Å². The van der Waals surface area contributed by atoms with Gasteiger partial charge >= 0.3 is 0 Å². The van der Waals surface area contributed by atoms with Crippen molar-refractivity contribution in [3.63, 3.8) is 0 Å². The van der Waals surface area contributed by atoms with Crippen LogP contribution >= 0.6 is 11.8 Å². The molecule has 1 amide bonds. The summed E-state index contributed by atoms with van der Waals surface area (Å²) in [6.07, 6.45) is 3.99. The highest BCUT2D eigenvalue weighted by atomic mass is 32.2. The number of ether oxygens (including phenoxy) is 1. The predicted octanol–water partition coefficient (Wildman–Crippen LogP) is 1.93. The summed E-state index contributed by atoms with van der Waals surface area (Å²) in [6.45, 7) is 1.39. The molecule has 120 valence electrons. The monoisotopic (exact) mass is 330 g/mol. The van der Waals surface area contributed by atoms with Crippen LogP contribution in [0.25, 0.3) is 11.4 Å². The Bertz CT molecular complexity index is 630. The molecule has 0 aromatic carbocycles. The van der Waals surface area contributed by atoms with Crippen molar-refractivity contribution in [1.82, 2.24) is 20.5 Å². The molecule has 1 aliphatic rings. The lowest BCUT2D eigenvalue weighted by atomic mass is 10.2. The van der Waals surface area contributed by atoms with E-state index in [1.54, 1.807) is 6.20 Å². The lowest BCUT2D eigenvalue weighted by molar-refractivity contribution is -0.119. The minimum atomic E-state index is -0.0129. The van der Waals surface area contributed by atoms with Crippen molar-refractivity contribution >= 4 is 17.7 Å². The van der Waals surface area contributed by atoms with Gasteiger partial charge in [-0.15, -0.1) is 10.2 Å². The number of pyridine rings is 1. The second kappa shape index (κ2) is 8.03. The molecule has 7 heteroatoms. The van der Waals surface area contributed by atoms with Gasteiger partial charge in [0.05, 0.1) is 17.6 Å². The van der Waals surface area contributed by atoms with Gasteiger partial charge in [0, 0.05) is 19.3 Å². The van der Waals surface area contributed by atoms with Gasteiger partial charge < -0.3 is 10.1 Å². The Kier molecular flexibility index (Phi) is 5.55. The van der Waals surface area contributed by atoms with Crippen LogP contribution < -0.4 is 5.32 Å². The highest BCUT2D eigenvalue weighted by Gasteiger charge is 2.16. The SMILES string of the molecule is O=C(CSc1ccc(-c2ccccn2)nn1)NC[C@@H]1CCCO1. The average Bonchev–Trinajstić information content (AvgIpc) is 3.13. The third-order valence-corrected chi connectivity index (χ3v) is 4.39. The number of carbonyl (C=O) groups is 1. The van der Waals surface area contributed by atoms with E-state index in [1.165, 1.54) is 11.8 Å². The van der Waals surface area contributed by atoms with Gasteiger partial charge in [0.15, 0.2) is 0 Å². The summed E-state index contributed by atoms with van der Waals surface area (Å²) in [5.41, 5.74) is 1.50. The van der Waals surface area contributed by atoms with Gasteiger partial charge in [0.1, 0.15) is 10.7 Å². The minimum absolute atomic E-state index is 0.0129. The summed E-state index contributed by atoms with van der Waals surface area (Å²) in [5, 5.41) is 11.9. The molecule has 1 aliphatic heterocycles. The molecule has 1 fully saturated rings. The molecule has 6 nitrogen and oxygen atoms in total. The molecule has 3 rings (SSSR count). The van der Waals surface area contributed by atoms with Crippen molar-refractivity contribution in [3.8, 4) is 11.4 Å². The second-order valence-corrected chi connectivity index (χ2v) is 6.20. The quantitative estimate of drug-likeness (QED) is 0.816. The summed E-state index contributed by atoms with van der Waals surface area (Å²) in [6, 6.07) is 9.37. The summed E-state index contributed by atoms with van der Waals surface area (Å²) < 4.78 is 5.47. The van der Waals surface area contributed by atoms with Crippen LogP contribution in [0.4, 0.5) is 0 Å². The Morgan fingerprint density at radius 1 is 1.26 bits per heavy atom. The number of thioether (sulfide) groups is 1. The van der Waals surface area contributed by atoms with Crippen LogP contribution in [0, 0.1) is 0 Å². The Balaban J connectivity index is 1.45. The molecule has 0 aliphatic carbocycles. The van der Waals surface area contributed by atoms with Crippen LogP contribution in [-0.4, -0.2) is 46.1 Å². The number of aromatic nitrogens is 3. The van der Waals surface area contributed by atoms with E-state index in [2.05, 4.69) is 20.5 Å². The second-order valence-electron chi connectivity index (χ2n) is 5.20. The maximum atomic E-state index is 11.8. The standard InChI is InChI=1S/C16H18N4O2S/c21-15(18-10-12-4-3-9-22-12)11-23-16-7-6-14(19-20-16)13-5-1-2-8-17-13/h1-2,5-8,12H,3-4,9-11H2,(H,18,21)/t12-/m0/s1. The van der Waals surface area contributed by atoms with E-state index >= 15 is 0 Å². The lowest BCUT2D eigenvalue weighted by Gasteiger charge is -2.10. The molecule has 23 heavy (non-hydrogen) atoms. The van der Waals surface area contributed by atoms with E-state index in [0.29, 0.717) is 12.3 Å². The van der Waals surface area contributed by atoms with Crippen LogP contribution in [0.1, 0.15) is 12.8 Å². The summed E-state index contributed by atoms with van der Waals surface area (Å²) >= 11 is 1.37.